The lowest BCUT2D eigenvalue weighted by molar-refractivity contribution is -0.119. The van der Waals surface area contributed by atoms with Crippen LogP contribution in [0.3, 0.4) is 0 Å². The van der Waals surface area contributed by atoms with Gasteiger partial charge in [-0.05, 0) is 50.8 Å². The zero-order valence-corrected chi connectivity index (χ0v) is 18.8. The van der Waals surface area contributed by atoms with Crippen LogP contribution in [0.4, 0.5) is 5.69 Å². The first-order valence-electron chi connectivity index (χ1n) is 10.4. The Morgan fingerprint density at radius 2 is 1.74 bits per heavy atom. The molecule has 0 atom stereocenters. The fraction of sp³-hybridized carbons (Fsp3) is 0.320. The van der Waals surface area contributed by atoms with Crippen LogP contribution in [0.5, 0.6) is 0 Å². The van der Waals surface area contributed by atoms with E-state index in [1.165, 1.54) is 5.56 Å². The molecule has 3 rings (SSSR count). The van der Waals surface area contributed by atoms with Gasteiger partial charge in [0, 0.05) is 5.69 Å². The van der Waals surface area contributed by atoms with Crippen LogP contribution in [-0.2, 0) is 22.5 Å². The van der Waals surface area contributed by atoms with Gasteiger partial charge in [0.2, 0.25) is 0 Å². The second-order valence-corrected chi connectivity index (χ2v) is 7.78. The van der Waals surface area contributed by atoms with Crippen LogP contribution in [0.1, 0.15) is 50.9 Å². The summed E-state index contributed by atoms with van der Waals surface area (Å²) in [7, 11) is 0. The molecule has 2 aromatic carbocycles. The summed E-state index contributed by atoms with van der Waals surface area (Å²) >= 11 is 0. The third-order valence-corrected chi connectivity index (χ3v) is 5.38. The average molecular weight is 420 g/mol. The van der Waals surface area contributed by atoms with Crippen molar-refractivity contribution in [1.82, 2.24) is 9.78 Å². The molecule has 1 N–H and O–H groups in total. The van der Waals surface area contributed by atoms with Crippen LogP contribution in [0, 0.1) is 27.7 Å². The first-order valence-corrected chi connectivity index (χ1v) is 10.4. The standard InChI is InChI=1S/C25H29N3O3/c1-6-21-9-7-8-17(3)24(21)26-22(29)15-31-25(30)23-18(4)27-28(19(23)5)14-20-12-10-16(2)11-13-20/h7-13H,6,14-15H2,1-5H3,(H,26,29). The quantitative estimate of drug-likeness (QED) is 0.572. The Morgan fingerprint density at radius 1 is 1.03 bits per heavy atom. The van der Waals surface area contributed by atoms with Crippen molar-refractivity contribution >= 4 is 17.6 Å². The molecule has 6 heteroatoms. The molecule has 31 heavy (non-hydrogen) atoms. The highest BCUT2D eigenvalue weighted by Gasteiger charge is 2.21. The topological polar surface area (TPSA) is 73.2 Å². The van der Waals surface area contributed by atoms with Crippen LogP contribution in [0.2, 0.25) is 0 Å². The molecule has 162 valence electrons. The number of carbonyl (C=O) groups is 2. The summed E-state index contributed by atoms with van der Waals surface area (Å²) < 4.78 is 7.10. The summed E-state index contributed by atoms with van der Waals surface area (Å²) in [5, 5.41) is 7.36. The summed E-state index contributed by atoms with van der Waals surface area (Å²) in [5.74, 6) is -0.902. The number of esters is 1. The Morgan fingerprint density at radius 3 is 2.42 bits per heavy atom. The highest BCUT2D eigenvalue weighted by Crippen LogP contribution is 2.21. The number of aromatic nitrogens is 2. The molecule has 0 aliphatic carbocycles. The Labute approximate surface area is 183 Å². The molecular formula is C25H29N3O3. The Balaban J connectivity index is 1.66. The summed E-state index contributed by atoms with van der Waals surface area (Å²) in [6.45, 7) is 9.84. The van der Waals surface area contributed by atoms with E-state index in [9.17, 15) is 9.59 Å². The first kappa shape index (κ1) is 22.3. The fourth-order valence-corrected chi connectivity index (χ4v) is 3.59. The molecule has 0 spiro atoms. The Hall–Kier alpha value is -3.41. The van der Waals surface area contributed by atoms with Gasteiger partial charge in [-0.1, -0.05) is 55.0 Å². The minimum Gasteiger partial charge on any atom is -0.452 e. The number of rotatable bonds is 7. The molecule has 0 unspecified atom stereocenters. The van der Waals surface area contributed by atoms with Gasteiger partial charge in [-0.25, -0.2) is 4.79 Å². The third-order valence-electron chi connectivity index (χ3n) is 5.38. The van der Waals surface area contributed by atoms with Crippen molar-refractivity contribution in [2.24, 2.45) is 0 Å². The molecule has 0 saturated carbocycles. The number of benzene rings is 2. The van der Waals surface area contributed by atoms with Crippen LogP contribution >= 0.6 is 0 Å². The van der Waals surface area contributed by atoms with Gasteiger partial charge in [0.15, 0.2) is 6.61 Å². The molecule has 1 amide bonds. The van der Waals surface area contributed by atoms with Crippen molar-refractivity contribution in [2.75, 3.05) is 11.9 Å². The summed E-state index contributed by atoms with van der Waals surface area (Å²) in [6, 6.07) is 14.1. The van der Waals surface area contributed by atoms with E-state index < -0.39 is 5.97 Å². The maximum Gasteiger partial charge on any atom is 0.342 e. The van der Waals surface area contributed by atoms with Crippen LogP contribution < -0.4 is 5.32 Å². The number of ether oxygens (including phenoxy) is 1. The Bertz CT molecular complexity index is 1100. The zero-order chi connectivity index (χ0) is 22.5. The molecule has 0 radical (unpaired) electrons. The highest BCUT2D eigenvalue weighted by molar-refractivity contribution is 5.97. The van der Waals surface area contributed by atoms with Crippen molar-refractivity contribution in [3.63, 3.8) is 0 Å². The van der Waals surface area contributed by atoms with Crippen LogP contribution in [0.25, 0.3) is 0 Å². The van der Waals surface area contributed by atoms with E-state index in [2.05, 4.69) is 10.4 Å². The van der Waals surface area contributed by atoms with E-state index >= 15 is 0 Å². The second kappa shape index (κ2) is 9.60. The number of nitrogens with zero attached hydrogens (tertiary/aromatic N) is 2. The van der Waals surface area contributed by atoms with Gasteiger partial charge in [0.1, 0.15) is 5.56 Å². The molecule has 0 aliphatic heterocycles. The summed E-state index contributed by atoms with van der Waals surface area (Å²) in [6.07, 6.45) is 0.801. The highest BCUT2D eigenvalue weighted by atomic mass is 16.5. The molecule has 0 fully saturated rings. The van der Waals surface area contributed by atoms with Gasteiger partial charge in [-0.3, -0.25) is 9.48 Å². The molecule has 3 aromatic rings. The predicted octanol–water partition coefficient (Wildman–Crippen LogP) is 4.52. The number of nitrogens with one attached hydrogen (secondary N) is 1. The van der Waals surface area contributed by atoms with Gasteiger partial charge in [0.05, 0.1) is 17.9 Å². The second-order valence-electron chi connectivity index (χ2n) is 7.78. The lowest BCUT2D eigenvalue weighted by atomic mass is 10.1. The van der Waals surface area contributed by atoms with Crippen molar-refractivity contribution < 1.29 is 14.3 Å². The van der Waals surface area contributed by atoms with E-state index in [1.807, 2.05) is 70.2 Å². The third kappa shape index (κ3) is 5.20. The number of anilines is 1. The Kier molecular flexibility index (Phi) is 6.90. The van der Waals surface area contributed by atoms with E-state index in [0.29, 0.717) is 17.8 Å². The van der Waals surface area contributed by atoms with Gasteiger partial charge >= 0.3 is 5.97 Å². The average Bonchev–Trinajstić information content (AvgIpc) is 3.02. The largest absolute Gasteiger partial charge is 0.452 e. The van der Waals surface area contributed by atoms with E-state index in [-0.39, 0.29) is 12.5 Å². The van der Waals surface area contributed by atoms with E-state index in [1.54, 1.807) is 11.6 Å². The maximum atomic E-state index is 12.7. The first-order chi connectivity index (χ1) is 14.8. The molecule has 1 aromatic heterocycles. The molecule has 0 aliphatic rings. The normalized spacial score (nSPS) is 10.7. The van der Waals surface area contributed by atoms with E-state index in [4.69, 9.17) is 4.74 Å². The zero-order valence-electron chi connectivity index (χ0n) is 18.8. The predicted molar refractivity (Wildman–Crippen MR) is 121 cm³/mol. The van der Waals surface area contributed by atoms with Crippen molar-refractivity contribution in [1.29, 1.82) is 0 Å². The number of aryl methyl sites for hydroxylation is 4. The fourth-order valence-electron chi connectivity index (χ4n) is 3.59. The monoisotopic (exact) mass is 419 g/mol. The van der Waals surface area contributed by atoms with Gasteiger partial charge < -0.3 is 10.1 Å². The lowest BCUT2D eigenvalue weighted by Gasteiger charge is -2.13. The van der Waals surface area contributed by atoms with Gasteiger partial charge in [0.25, 0.3) is 5.91 Å². The molecule has 1 heterocycles. The summed E-state index contributed by atoms with van der Waals surface area (Å²) in [5.41, 5.74) is 6.80. The number of carbonyl (C=O) groups excluding carboxylic acids is 2. The molecule has 0 bridgehead atoms. The number of para-hydroxylation sites is 1. The minimum atomic E-state index is -0.541. The smallest absolute Gasteiger partial charge is 0.342 e. The van der Waals surface area contributed by atoms with Gasteiger partial charge in [-0.15, -0.1) is 0 Å². The van der Waals surface area contributed by atoms with Crippen molar-refractivity contribution in [2.45, 2.75) is 47.6 Å². The summed E-state index contributed by atoms with van der Waals surface area (Å²) in [4.78, 5) is 25.1. The van der Waals surface area contributed by atoms with Crippen LogP contribution in [-0.4, -0.2) is 28.3 Å². The number of hydrogen-bond acceptors (Lipinski definition) is 4. The molecule has 0 saturated heterocycles. The minimum absolute atomic E-state index is 0.349. The maximum absolute atomic E-state index is 12.7. The molecular weight excluding hydrogens is 390 g/mol. The molecule has 6 nitrogen and oxygen atoms in total. The lowest BCUT2D eigenvalue weighted by Crippen LogP contribution is -2.22. The van der Waals surface area contributed by atoms with E-state index in [0.717, 1.165) is 34.5 Å². The number of hydrogen-bond donors (Lipinski definition) is 1. The van der Waals surface area contributed by atoms with Crippen molar-refractivity contribution in [3.8, 4) is 0 Å². The van der Waals surface area contributed by atoms with Gasteiger partial charge in [-0.2, -0.15) is 5.10 Å². The number of amides is 1. The van der Waals surface area contributed by atoms with Crippen LogP contribution in [0.15, 0.2) is 42.5 Å². The van der Waals surface area contributed by atoms with Crippen molar-refractivity contribution in [3.05, 3.63) is 81.7 Å². The SMILES string of the molecule is CCc1cccc(C)c1NC(=O)COC(=O)c1c(C)nn(Cc2ccc(C)cc2)c1C.